The van der Waals surface area contributed by atoms with Gasteiger partial charge in [0, 0.05) is 23.2 Å². The lowest BCUT2D eigenvalue weighted by molar-refractivity contribution is 0.179. The van der Waals surface area contributed by atoms with Crippen LogP contribution in [-0.4, -0.2) is 31.1 Å². The van der Waals surface area contributed by atoms with Crippen LogP contribution in [-0.2, 0) is 4.74 Å². The lowest BCUT2D eigenvalue weighted by Gasteiger charge is -2.13. The van der Waals surface area contributed by atoms with Crippen LogP contribution < -0.4 is 10.7 Å². The van der Waals surface area contributed by atoms with Crippen molar-refractivity contribution in [1.29, 1.82) is 0 Å². The number of ether oxygens (including phenoxy) is 1. The summed E-state index contributed by atoms with van der Waals surface area (Å²) in [7, 11) is 1.65. The smallest absolute Gasteiger partial charge is 0.187 e. The van der Waals surface area contributed by atoms with Crippen LogP contribution >= 0.6 is 28.1 Å². The van der Waals surface area contributed by atoms with Gasteiger partial charge in [-0.1, -0.05) is 28.1 Å². The lowest BCUT2D eigenvalue weighted by atomic mass is 10.2. The number of hydrogen-bond acceptors (Lipinski definition) is 4. The van der Waals surface area contributed by atoms with Crippen LogP contribution in [0.4, 0.5) is 0 Å². The molecule has 0 aliphatic heterocycles. The Morgan fingerprint density at radius 3 is 2.78 bits per heavy atom. The van der Waals surface area contributed by atoms with Gasteiger partial charge < -0.3 is 14.5 Å². The van der Waals surface area contributed by atoms with Crippen molar-refractivity contribution < 1.29 is 9.15 Å². The van der Waals surface area contributed by atoms with Crippen LogP contribution in [0.3, 0.4) is 0 Å². The summed E-state index contributed by atoms with van der Waals surface area (Å²) in [4.78, 5) is 0. The fourth-order valence-electron chi connectivity index (χ4n) is 1.89. The molecule has 0 fully saturated rings. The summed E-state index contributed by atoms with van der Waals surface area (Å²) in [6.07, 6.45) is 1.58. The topological polar surface area (TPSA) is 58.8 Å². The number of rotatable bonds is 6. The first kappa shape index (κ1) is 17.7. The SMILES string of the molecule is COC[C@H](C)NC(=S)N/N=C\c1ccc(-c2ccc(Br)cc2)o1. The average molecular weight is 396 g/mol. The van der Waals surface area contributed by atoms with Crippen LogP contribution in [0.25, 0.3) is 11.3 Å². The zero-order chi connectivity index (χ0) is 16.7. The Bertz CT molecular complexity index is 670. The molecule has 23 heavy (non-hydrogen) atoms. The first-order valence-electron chi connectivity index (χ1n) is 7.03. The third-order valence-corrected chi connectivity index (χ3v) is 3.65. The summed E-state index contributed by atoms with van der Waals surface area (Å²) >= 11 is 8.54. The molecule has 0 amide bonds. The van der Waals surface area contributed by atoms with Crippen molar-refractivity contribution >= 4 is 39.5 Å². The first-order chi connectivity index (χ1) is 11.1. The van der Waals surface area contributed by atoms with E-state index in [0.717, 1.165) is 15.8 Å². The molecule has 0 aliphatic carbocycles. The van der Waals surface area contributed by atoms with Gasteiger partial charge in [-0.25, -0.2) is 0 Å². The molecule has 0 bridgehead atoms. The third kappa shape index (κ3) is 5.78. The second kappa shape index (κ2) is 8.81. The monoisotopic (exact) mass is 395 g/mol. The normalized spacial score (nSPS) is 12.3. The predicted molar refractivity (Wildman–Crippen MR) is 99.6 cm³/mol. The Morgan fingerprint density at radius 2 is 2.09 bits per heavy atom. The Morgan fingerprint density at radius 1 is 1.35 bits per heavy atom. The zero-order valence-corrected chi connectivity index (χ0v) is 15.3. The van der Waals surface area contributed by atoms with E-state index in [1.165, 1.54) is 0 Å². The molecule has 7 heteroatoms. The summed E-state index contributed by atoms with van der Waals surface area (Å²) < 4.78 is 11.8. The maximum absolute atomic E-state index is 5.72. The molecule has 5 nitrogen and oxygen atoms in total. The van der Waals surface area contributed by atoms with Crippen molar-refractivity contribution in [3.63, 3.8) is 0 Å². The Kier molecular flexibility index (Phi) is 6.76. The van der Waals surface area contributed by atoms with Crippen molar-refractivity contribution in [2.45, 2.75) is 13.0 Å². The molecule has 1 heterocycles. The first-order valence-corrected chi connectivity index (χ1v) is 8.23. The molecule has 1 aromatic heterocycles. The maximum atomic E-state index is 5.72. The highest BCUT2D eigenvalue weighted by molar-refractivity contribution is 9.10. The van der Waals surface area contributed by atoms with E-state index in [0.29, 0.717) is 17.5 Å². The molecule has 122 valence electrons. The second-order valence-corrected chi connectivity index (χ2v) is 6.23. The van der Waals surface area contributed by atoms with Crippen molar-refractivity contribution in [3.8, 4) is 11.3 Å². The summed E-state index contributed by atoms with van der Waals surface area (Å²) in [5.41, 5.74) is 3.75. The van der Waals surface area contributed by atoms with E-state index in [9.17, 15) is 0 Å². The van der Waals surface area contributed by atoms with Gasteiger partial charge >= 0.3 is 0 Å². The number of hydrazone groups is 1. The van der Waals surface area contributed by atoms with Crippen molar-refractivity contribution in [2.75, 3.05) is 13.7 Å². The highest BCUT2D eigenvalue weighted by Gasteiger charge is 2.04. The number of nitrogens with one attached hydrogen (secondary N) is 2. The van der Waals surface area contributed by atoms with Crippen molar-refractivity contribution in [2.24, 2.45) is 5.10 Å². The number of halogens is 1. The predicted octanol–water partition coefficient (Wildman–Crippen LogP) is 3.54. The molecule has 1 atom stereocenters. The van der Waals surface area contributed by atoms with E-state index in [4.69, 9.17) is 21.4 Å². The van der Waals surface area contributed by atoms with E-state index < -0.39 is 0 Å². The molecule has 2 N–H and O–H groups in total. The molecule has 2 aromatic rings. The molecule has 0 spiro atoms. The maximum Gasteiger partial charge on any atom is 0.187 e. The van der Waals surface area contributed by atoms with Gasteiger partial charge in [0.15, 0.2) is 5.11 Å². The summed E-state index contributed by atoms with van der Waals surface area (Å²) in [5.74, 6) is 1.43. The molecule has 2 rings (SSSR count). The quantitative estimate of drug-likeness (QED) is 0.444. The van der Waals surface area contributed by atoms with Crippen molar-refractivity contribution in [3.05, 3.63) is 46.6 Å². The van der Waals surface area contributed by atoms with Gasteiger partial charge in [0.05, 0.1) is 12.8 Å². The Hall–Kier alpha value is -1.70. The highest BCUT2D eigenvalue weighted by atomic mass is 79.9. The van der Waals surface area contributed by atoms with Crippen LogP contribution in [0, 0.1) is 0 Å². The third-order valence-electron chi connectivity index (χ3n) is 2.91. The van der Waals surface area contributed by atoms with Crippen molar-refractivity contribution in [1.82, 2.24) is 10.7 Å². The minimum absolute atomic E-state index is 0.114. The number of methoxy groups -OCH3 is 1. The fourth-order valence-corrected chi connectivity index (χ4v) is 2.41. The van der Waals surface area contributed by atoms with Gasteiger partial charge in [0.25, 0.3) is 0 Å². The number of hydrogen-bond donors (Lipinski definition) is 2. The average Bonchev–Trinajstić information content (AvgIpc) is 2.97. The van der Waals surface area contributed by atoms with Gasteiger partial charge in [0.1, 0.15) is 11.5 Å². The van der Waals surface area contributed by atoms with E-state index in [-0.39, 0.29) is 6.04 Å². The molecular weight excluding hydrogens is 378 g/mol. The van der Waals surface area contributed by atoms with Crippen LogP contribution in [0.15, 0.2) is 50.4 Å². The summed E-state index contributed by atoms with van der Waals surface area (Å²) in [6, 6.07) is 11.8. The lowest BCUT2D eigenvalue weighted by Crippen LogP contribution is -2.40. The minimum atomic E-state index is 0.114. The molecule has 0 radical (unpaired) electrons. The molecule has 0 saturated carbocycles. The number of nitrogens with zero attached hydrogens (tertiary/aromatic N) is 1. The van der Waals surface area contributed by atoms with E-state index in [1.54, 1.807) is 13.3 Å². The second-order valence-electron chi connectivity index (χ2n) is 4.91. The molecule has 0 saturated heterocycles. The van der Waals surface area contributed by atoms with Gasteiger partial charge in [-0.15, -0.1) is 0 Å². The summed E-state index contributed by atoms with van der Waals surface area (Å²) in [5, 5.41) is 7.54. The number of furan rings is 1. The molecule has 0 aliphatic rings. The van der Waals surface area contributed by atoms with E-state index in [2.05, 4.69) is 31.8 Å². The van der Waals surface area contributed by atoms with Crippen LogP contribution in [0.2, 0.25) is 0 Å². The largest absolute Gasteiger partial charge is 0.455 e. The van der Waals surface area contributed by atoms with Crippen LogP contribution in [0.1, 0.15) is 12.7 Å². The highest BCUT2D eigenvalue weighted by Crippen LogP contribution is 2.23. The zero-order valence-electron chi connectivity index (χ0n) is 12.9. The van der Waals surface area contributed by atoms with E-state index in [1.807, 2.05) is 43.3 Å². The summed E-state index contributed by atoms with van der Waals surface area (Å²) in [6.45, 7) is 2.54. The standard InChI is InChI=1S/C16H18BrN3O2S/c1-11(10-21-2)19-16(23)20-18-9-14-7-8-15(22-14)12-3-5-13(17)6-4-12/h3-9,11H,10H2,1-2H3,(H2,19,20,23)/b18-9-/t11-/m0/s1. The number of thiocarbonyl (C=S) groups is 1. The molecule has 0 unspecified atom stereocenters. The number of benzene rings is 1. The minimum Gasteiger partial charge on any atom is -0.455 e. The van der Waals surface area contributed by atoms with Gasteiger partial charge in [-0.3, -0.25) is 5.43 Å². The molecule has 1 aromatic carbocycles. The van der Waals surface area contributed by atoms with Gasteiger partial charge in [-0.2, -0.15) is 5.10 Å². The van der Waals surface area contributed by atoms with Gasteiger partial charge in [0.2, 0.25) is 0 Å². The van der Waals surface area contributed by atoms with Crippen LogP contribution in [0.5, 0.6) is 0 Å². The fraction of sp³-hybridized carbons (Fsp3) is 0.250. The Balaban J connectivity index is 1.89. The van der Waals surface area contributed by atoms with Gasteiger partial charge in [-0.05, 0) is 43.4 Å². The molecular formula is C16H18BrN3O2S. The van der Waals surface area contributed by atoms with E-state index >= 15 is 0 Å². The Labute approximate surface area is 149 Å².